The van der Waals surface area contributed by atoms with E-state index in [0.717, 1.165) is 7.11 Å². The molecule has 0 saturated carbocycles. The lowest BCUT2D eigenvalue weighted by molar-refractivity contribution is -0.140. The van der Waals surface area contributed by atoms with Crippen LogP contribution in [0.1, 0.15) is 24.6 Å². The molecule has 0 fully saturated rings. The Kier molecular flexibility index (Phi) is 2.20. The van der Waals surface area contributed by atoms with Crippen LogP contribution in [0.3, 0.4) is 0 Å². The van der Waals surface area contributed by atoms with Gasteiger partial charge in [-0.1, -0.05) is 0 Å². The van der Waals surface area contributed by atoms with Crippen molar-refractivity contribution < 1.29 is 15.0 Å². The summed E-state index contributed by atoms with van der Waals surface area (Å²) in [6.45, 7) is -0.475. The second-order valence-corrected chi connectivity index (χ2v) is 1.31. The molecular formula is C6H13NO2. The van der Waals surface area contributed by atoms with Gasteiger partial charge < -0.3 is 10.5 Å². The van der Waals surface area contributed by atoms with Crippen molar-refractivity contribution >= 4 is 5.97 Å². The van der Waals surface area contributed by atoms with Crippen molar-refractivity contribution in [3.8, 4) is 0 Å². The molecule has 0 amide bonds. The van der Waals surface area contributed by atoms with E-state index in [4.69, 9.17) is 11.2 Å². The van der Waals surface area contributed by atoms with Crippen LogP contribution in [0.2, 0.25) is 0 Å². The van der Waals surface area contributed by atoms with Gasteiger partial charge in [-0.05, 0) is 19.3 Å². The summed E-state index contributed by atoms with van der Waals surface area (Å²) in [5.74, 6) is -0.790. The Hall–Kier alpha value is -0.570. The Morgan fingerprint density at radius 1 is 1.78 bits per heavy atom. The fourth-order valence-electron chi connectivity index (χ4n) is 0.279. The Labute approximate surface area is 60.8 Å². The fraction of sp³-hybridized carbons (Fsp3) is 0.833. The first kappa shape index (κ1) is 3.56. The second-order valence-electron chi connectivity index (χ2n) is 1.31. The highest BCUT2D eigenvalue weighted by molar-refractivity contribution is 5.68. The first-order chi connectivity index (χ1) is 5.77. The fourth-order valence-corrected chi connectivity index (χ4v) is 0.279. The van der Waals surface area contributed by atoms with Crippen LogP contribution in [0.15, 0.2) is 0 Å². The van der Waals surface area contributed by atoms with Gasteiger partial charge in [0.2, 0.25) is 0 Å². The summed E-state index contributed by atoms with van der Waals surface area (Å²) in [6.07, 6.45) is -5.15. The van der Waals surface area contributed by atoms with Gasteiger partial charge in [0, 0.05) is 11.9 Å². The second kappa shape index (κ2) is 5.56. The smallest absolute Gasteiger partial charge is 0.305 e. The maximum absolute atomic E-state index is 10.7. The number of rotatable bonds is 4. The number of carbonyl (C=O) groups is 1. The highest BCUT2D eigenvalue weighted by Gasteiger charge is 1.96. The molecule has 0 unspecified atom stereocenters. The first-order valence-electron chi connectivity index (χ1n) is 4.54. The molecule has 0 atom stereocenters. The molecule has 9 heavy (non-hydrogen) atoms. The predicted molar refractivity (Wildman–Crippen MR) is 34.9 cm³/mol. The van der Waals surface area contributed by atoms with Gasteiger partial charge in [0.1, 0.15) is 0 Å². The van der Waals surface area contributed by atoms with Gasteiger partial charge in [0.25, 0.3) is 0 Å². The van der Waals surface area contributed by atoms with Crippen LogP contribution in [0, 0.1) is 0 Å². The van der Waals surface area contributed by atoms with E-state index >= 15 is 0 Å². The van der Waals surface area contributed by atoms with Gasteiger partial charge in [-0.25, -0.2) is 0 Å². The third kappa shape index (κ3) is 5.30. The molecule has 0 aliphatic carbocycles. The van der Waals surface area contributed by atoms with Crippen LogP contribution in [-0.4, -0.2) is 19.6 Å². The SMILES string of the molecule is [2H]C([2H])(CN)C([2H])([2H])CC(=O)OC. The standard InChI is InChI=1S/C6H13NO2/c1-9-6(8)4-2-3-5-7/h2-5,7H2,1H3/i2D2,3D2. The summed E-state index contributed by atoms with van der Waals surface area (Å²) in [7, 11) is 1.12. The Morgan fingerprint density at radius 2 is 2.44 bits per heavy atom. The van der Waals surface area contributed by atoms with Gasteiger partial charge in [-0.2, -0.15) is 0 Å². The zero-order chi connectivity index (χ0) is 10.7. The summed E-state index contributed by atoms with van der Waals surface area (Å²) in [5.41, 5.74) is 5.04. The monoisotopic (exact) mass is 135 g/mol. The van der Waals surface area contributed by atoms with Crippen molar-refractivity contribution in [3.05, 3.63) is 0 Å². The van der Waals surface area contributed by atoms with E-state index in [-0.39, 0.29) is 0 Å². The molecule has 0 aliphatic rings. The summed E-state index contributed by atoms with van der Waals surface area (Å²) in [4.78, 5) is 10.7. The van der Waals surface area contributed by atoms with Gasteiger partial charge >= 0.3 is 5.97 Å². The van der Waals surface area contributed by atoms with E-state index in [0.29, 0.717) is 0 Å². The molecule has 54 valence electrons. The molecule has 0 aliphatic heterocycles. The highest BCUT2D eigenvalue weighted by atomic mass is 16.5. The minimum absolute atomic E-state index is 0.475. The number of methoxy groups -OCH3 is 1. The van der Waals surface area contributed by atoms with Crippen LogP contribution < -0.4 is 5.73 Å². The van der Waals surface area contributed by atoms with Crippen LogP contribution in [0.4, 0.5) is 0 Å². The summed E-state index contributed by atoms with van der Waals surface area (Å²) < 4.78 is 33.2. The van der Waals surface area contributed by atoms with Crippen LogP contribution >= 0.6 is 0 Å². The normalized spacial score (nSPS) is 18.9. The van der Waals surface area contributed by atoms with Gasteiger partial charge in [0.15, 0.2) is 0 Å². The van der Waals surface area contributed by atoms with Crippen molar-refractivity contribution in [1.82, 2.24) is 0 Å². The van der Waals surface area contributed by atoms with E-state index in [1.807, 2.05) is 0 Å². The molecule has 2 N–H and O–H groups in total. The van der Waals surface area contributed by atoms with Gasteiger partial charge in [-0.15, -0.1) is 0 Å². The van der Waals surface area contributed by atoms with Gasteiger partial charge in [-0.3, -0.25) is 4.79 Å². The molecule has 0 rings (SSSR count). The third-order valence-electron chi connectivity index (χ3n) is 0.687. The molecule has 0 aromatic rings. The molecule has 0 saturated heterocycles. The Balaban J connectivity index is 4.47. The minimum atomic E-state index is -2.30. The van der Waals surface area contributed by atoms with E-state index < -0.39 is 31.7 Å². The minimum Gasteiger partial charge on any atom is -0.469 e. The lowest BCUT2D eigenvalue weighted by atomic mass is 10.2. The summed E-state index contributed by atoms with van der Waals surface area (Å²) >= 11 is 0. The highest BCUT2D eigenvalue weighted by Crippen LogP contribution is 1.93. The lowest BCUT2D eigenvalue weighted by Crippen LogP contribution is -2.03. The van der Waals surface area contributed by atoms with Gasteiger partial charge in [0.05, 0.1) is 7.11 Å². The average molecular weight is 135 g/mol. The van der Waals surface area contributed by atoms with E-state index in [2.05, 4.69) is 4.74 Å². The van der Waals surface area contributed by atoms with E-state index in [1.54, 1.807) is 0 Å². The molecule has 0 bridgehead atoms. The molecule has 0 spiro atoms. The number of hydrogen-bond donors (Lipinski definition) is 1. The number of ether oxygens (including phenoxy) is 1. The number of hydrogen-bond acceptors (Lipinski definition) is 3. The average Bonchev–Trinajstić information content (AvgIpc) is 2.03. The molecule has 3 nitrogen and oxygen atoms in total. The van der Waals surface area contributed by atoms with Crippen molar-refractivity contribution in [2.75, 3.05) is 13.7 Å². The molecule has 0 aromatic carbocycles. The zero-order valence-electron chi connectivity index (χ0n) is 9.31. The Bertz CT molecular complexity index is 195. The largest absolute Gasteiger partial charge is 0.469 e. The van der Waals surface area contributed by atoms with E-state index in [1.165, 1.54) is 0 Å². The maximum atomic E-state index is 10.7. The van der Waals surface area contributed by atoms with Crippen LogP contribution in [0.5, 0.6) is 0 Å². The Morgan fingerprint density at radius 3 is 2.89 bits per heavy atom. The summed E-state index contributed by atoms with van der Waals surface area (Å²) in [6, 6.07) is 0. The number of carbonyl (C=O) groups excluding carboxylic acids is 1. The molecule has 0 radical (unpaired) electrons. The third-order valence-corrected chi connectivity index (χ3v) is 0.687. The van der Waals surface area contributed by atoms with Crippen molar-refractivity contribution in [2.24, 2.45) is 5.73 Å². The predicted octanol–water partition coefficient (Wildman–Crippen LogP) is 0.288. The topological polar surface area (TPSA) is 52.3 Å². The quantitative estimate of drug-likeness (QED) is 0.564. The first-order valence-corrected chi connectivity index (χ1v) is 2.54. The molecule has 3 heteroatoms. The molecular weight excluding hydrogens is 118 g/mol. The summed E-state index contributed by atoms with van der Waals surface area (Å²) in [5, 5.41) is 0. The lowest BCUT2D eigenvalue weighted by Gasteiger charge is -1.95. The number of nitrogens with two attached hydrogens (primary N) is 1. The maximum Gasteiger partial charge on any atom is 0.305 e. The number of esters is 1. The van der Waals surface area contributed by atoms with Crippen molar-refractivity contribution in [1.29, 1.82) is 0 Å². The zero-order valence-corrected chi connectivity index (χ0v) is 5.31. The molecule has 0 heterocycles. The van der Waals surface area contributed by atoms with Crippen LogP contribution in [-0.2, 0) is 9.53 Å². The van der Waals surface area contributed by atoms with E-state index in [9.17, 15) is 4.79 Å². The van der Waals surface area contributed by atoms with Crippen molar-refractivity contribution in [3.63, 3.8) is 0 Å². The van der Waals surface area contributed by atoms with Crippen LogP contribution in [0.25, 0.3) is 0 Å². The molecule has 0 aromatic heterocycles. The van der Waals surface area contributed by atoms with Crippen molar-refractivity contribution in [2.45, 2.75) is 19.2 Å².